The molecule has 1 heterocycles. The quantitative estimate of drug-likeness (QED) is 0.229. The number of benzene rings is 3. The van der Waals surface area contributed by atoms with Crippen molar-refractivity contribution in [2.75, 3.05) is 0 Å². The molecule has 0 aromatic heterocycles. The van der Waals surface area contributed by atoms with Crippen molar-refractivity contribution in [1.82, 2.24) is 4.90 Å². The van der Waals surface area contributed by atoms with Crippen LogP contribution in [-0.4, -0.2) is 25.9 Å². The standard InChI is InChI=1S/C24H17N3O7S/c1-15-5-7-16(8-6-15)14-25-23(28)22(35-24(25)29)12-17-3-2-4-19(11-17)34-21-10-9-18(26(30)31)13-20(21)27(32)33/h2-13H,14H2,1H3/b22-12-. The lowest BCUT2D eigenvalue weighted by atomic mass is 10.1. The van der Waals surface area contributed by atoms with Gasteiger partial charge in [0.25, 0.3) is 16.8 Å². The lowest BCUT2D eigenvalue weighted by Gasteiger charge is -2.12. The van der Waals surface area contributed by atoms with E-state index < -0.39 is 27.1 Å². The van der Waals surface area contributed by atoms with Crippen molar-refractivity contribution < 1.29 is 24.2 Å². The molecular formula is C24H17N3O7S. The molecule has 0 unspecified atom stereocenters. The van der Waals surface area contributed by atoms with Gasteiger partial charge >= 0.3 is 5.69 Å². The summed E-state index contributed by atoms with van der Waals surface area (Å²) in [6.07, 6.45) is 1.54. The molecule has 2 amide bonds. The predicted octanol–water partition coefficient (Wildman–Crippen LogP) is 5.84. The second-order valence-electron chi connectivity index (χ2n) is 7.59. The van der Waals surface area contributed by atoms with Crippen LogP contribution < -0.4 is 4.74 Å². The summed E-state index contributed by atoms with van der Waals surface area (Å²) in [5.41, 5.74) is 1.46. The van der Waals surface area contributed by atoms with Gasteiger partial charge in [-0.15, -0.1) is 0 Å². The number of imide groups is 1. The van der Waals surface area contributed by atoms with Gasteiger partial charge in [-0.2, -0.15) is 0 Å². The van der Waals surface area contributed by atoms with E-state index in [9.17, 15) is 29.8 Å². The van der Waals surface area contributed by atoms with Crippen molar-refractivity contribution >= 4 is 40.4 Å². The summed E-state index contributed by atoms with van der Waals surface area (Å²) in [5.74, 6) is -0.372. The van der Waals surface area contributed by atoms with Gasteiger partial charge < -0.3 is 4.74 Å². The fourth-order valence-electron chi connectivity index (χ4n) is 3.31. The van der Waals surface area contributed by atoms with E-state index in [0.717, 1.165) is 41.1 Å². The van der Waals surface area contributed by atoms with Crippen LogP contribution in [0.15, 0.2) is 71.6 Å². The number of nitrogens with zero attached hydrogens (tertiary/aromatic N) is 3. The van der Waals surface area contributed by atoms with Crippen LogP contribution in [0, 0.1) is 27.2 Å². The number of non-ortho nitro benzene ring substituents is 1. The van der Waals surface area contributed by atoms with Crippen LogP contribution in [0.1, 0.15) is 16.7 Å². The molecule has 3 aromatic carbocycles. The Balaban J connectivity index is 1.54. The number of nitro groups is 2. The molecule has 3 aromatic rings. The SMILES string of the molecule is Cc1ccc(CN2C(=O)S/C(=C\c3cccc(Oc4ccc([N+](=O)[O-])cc4[N+](=O)[O-])c3)C2=O)cc1. The zero-order chi connectivity index (χ0) is 25.1. The van der Waals surface area contributed by atoms with Crippen molar-refractivity contribution in [1.29, 1.82) is 0 Å². The van der Waals surface area contributed by atoms with Crippen molar-refractivity contribution in [3.8, 4) is 11.5 Å². The molecule has 0 atom stereocenters. The number of carbonyl (C=O) groups is 2. The predicted molar refractivity (Wildman–Crippen MR) is 129 cm³/mol. The maximum Gasteiger partial charge on any atom is 0.318 e. The van der Waals surface area contributed by atoms with Crippen molar-refractivity contribution in [2.45, 2.75) is 13.5 Å². The van der Waals surface area contributed by atoms with Crippen molar-refractivity contribution in [2.24, 2.45) is 0 Å². The van der Waals surface area contributed by atoms with Crippen LogP contribution >= 0.6 is 11.8 Å². The highest BCUT2D eigenvalue weighted by Crippen LogP contribution is 2.36. The molecule has 1 saturated heterocycles. The van der Waals surface area contributed by atoms with E-state index in [0.29, 0.717) is 5.56 Å². The van der Waals surface area contributed by atoms with E-state index in [1.165, 1.54) is 11.0 Å². The molecule has 35 heavy (non-hydrogen) atoms. The first-order chi connectivity index (χ1) is 16.7. The minimum Gasteiger partial charge on any atom is -0.450 e. The van der Waals surface area contributed by atoms with Gasteiger partial charge in [0, 0.05) is 6.07 Å². The summed E-state index contributed by atoms with van der Waals surface area (Å²) in [6, 6.07) is 17.0. The Morgan fingerprint density at radius 1 is 0.971 bits per heavy atom. The largest absolute Gasteiger partial charge is 0.450 e. The fourth-order valence-corrected chi connectivity index (χ4v) is 4.15. The molecule has 1 aliphatic rings. The van der Waals surface area contributed by atoms with Gasteiger partial charge in [-0.3, -0.25) is 34.7 Å². The Bertz CT molecular complexity index is 1390. The smallest absolute Gasteiger partial charge is 0.318 e. The molecule has 0 radical (unpaired) electrons. The van der Waals surface area contributed by atoms with E-state index >= 15 is 0 Å². The summed E-state index contributed by atoms with van der Waals surface area (Å²) in [5, 5.41) is 21.9. The Labute approximate surface area is 203 Å². The van der Waals surface area contributed by atoms with Gasteiger partial charge in [0.1, 0.15) is 5.75 Å². The Hall–Kier alpha value is -4.51. The molecule has 4 rings (SSSR count). The minimum absolute atomic E-state index is 0.162. The van der Waals surface area contributed by atoms with Gasteiger partial charge in [0.05, 0.1) is 27.4 Å². The number of aryl methyl sites for hydroxylation is 1. The number of rotatable bonds is 7. The first-order valence-corrected chi connectivity index (χ1v) is 11.0. The molecule has 10 nitrogen and oxygen atoms in total. The summed E-state index contributed by atoms with van der Waals surface area (Å²) < 4.78 is 5.61. The van der Waals surface area contributed by atoms with E-state index in [1.807, 2.05) is 31.2 Å². The third-order valence-corrected chi connectivity index (χ3v) is 5.98. The Kier molecular flexibility index (Phi) is 6.60. The number of amides is 2. The highest BCUT2D eigenvalue weighted by molar-refractivity contribution is 8.18. The van der Waals surface area contributed by atoms with Crippen LogP contribution in [0.25, 0.3) is 6.08 Å². The van der Waals surface area contributed by atoms with Crippen LogP contribution in [-0.2, 0) is 11.3 Å². The van der Waals surface area contributed by atoms with E-state index in [4.69, 9.17) is 4.74 Å². The molecular weight excluding hydrogens is 474 g/mol. The number of carbonyl (C=O) groups excluding carboxylic acids is 2. The van der Waals surface area contributed by atoms with Crippen molar-refractivity contribution in [3.05, 3.63) is 109 Å². The summed E-state index contributed by atoms with van der Waals surface area (Å²) >= 11 is 0.824. The first kappa shape index (κ1) is 23.6. The zero-order valence-electron chi connectivity index (χ0n) is 18.2. The van der Waals surface area contributed by atoms with Gasteiger partial charge in [-0.1, -0.05) is 42.0 Å². The maximum atomic E-state index is 12.8. The lowest BCUT2D eigenvalue weighted by molar-refractivity contribution is -0.394. The Morgan fingerprint density at radius 3 is 2.40 bits per heavy atom. The highest BCUT2D eigenvalue weighted by Gasteiger charge is 2.35. The molecule has 176 valence electrons. The third-order valence-electron chi connectivity index (χ3n) is 5.07. The topological polar surface area (TPSA) is 133 Å². The molecule has 1 fully saturated rings. The van der Waals surface area contributed by atoms with Crippen LogP contribution in [0.5, 0.6) is 11.5 Å². The summed E-state index contributed by atoms with van der Waals surface area (Å²) in [6.45, 7) is 2.11. The maximum absolute atomic E-state index is 12.8. The van der Waals surface area contributed by atoms with Crippen LogP contribution in [0.4, 0.5) is 16.2 Å². The molecule has 1 aliphatic heterocycles. The van der Waals surface area contributed by atoms with Gasteiger partial charge in [-0.05, 0) is 54.1 Å². The van der Waals surface area contributed by atoms with Gasteiger partial charge in [0.2, 0.25) is 5.75 Å². The zero-order valence-corrected chi connectivity index (χ0v) is 19.1. The van der Waals surface area contributed by atoms with Gasteiger partial charge in [0.15, 0.2) is 0 Å². The number of ether oxygens (including phenoxy) is 1. The minimum atomic E-state index is -0.768. The second kappa shape index (κ2) is 9.77. The van der Waals surface area contributed by atoms with Gasteiger partial charge in [-0.25, -0.2) is 0 Å². The average Bonchev–Trinajstić information content (AvgIpc) is 3.08. The lowest BCUT2D eigenvalue weighted by Crippen LogP contribution is -2.27. The highest BCUT2D eigenvalue weighted by atomic mass is 32.2. The fraction of sp³-hybridized carbons (Fsp3) is 0.0833. The number of hydrogen-bond donors (Lipinski definition) is 0. The van der Waals surface area contributed by atoms with Crippen LogP contribution in [0.2, 0.25) is 0 Å². The van der Waals surface area contributed by atoms with E-state index in [-0.39, 0.29) is 28.2 Å². The number of nitro benzene ring substituents is 2. The molecule has 11 heteroatoms. The molecule has 0 aliphatic carbocycles. The number of hydrogen-bond acceptors (Lipinski definition) is 8. The molecule has 0 N–H and O–H groups in total. The molecule has 0 spiro atoms. The second-order valence-corrected chi connectivity index (χ2v) is 8.59. The summed E-state index contributed by atoms with van der Waals surface area (Å²) in [7, 11) is 0. The Morgan fingerprint density at radius 2 is 1.71 bits per heavy atom. The van der Waals surface area contributed by atoms with E-state index in [1.54, 1.807) is 24.3 Å². The van der Waals surface area contributed by atoms with Crippen LogP contribution in [0.3, 0.4) is 0 Å². The molecule has 0 bridgehead atoms. The average molecular weight is 491 g/mol. The van der Waals surface area contributed by atoms with E-state index in [2.05, 4.69) is 0 Å². The third kappa shape index (κ3) is 5.36. The normalized spacial score (nSPS) is 14.4. The number of thioether (sulfide) groups is 1. The molecule has 0 saturated carbocycles. The monoisotopic (exact) mass is 491 g/mol. The first-order valence-electron chi connectivity index (χ1n) is 10.2. The summed E-state index contributed by atoms with van der Waals surface area (Å²) in [4.78, 5) is 47.4. The van der Waals surface area contributed by atoms with Crippen molar-refractivity contribution in [3.63, 3.8) is 0 Å².